The van der Waals surface area contributed by atoms with E-state index in [4.69, 9.17) is 0 Å². The van der Waals surface area contributed by atoms with Crippen LogP contribution in [0.25, 0.3) is 22.4 Å². The zero-order valence-corrected chi connectivity index (χ0v) is 10.3. The van der Waals surface area contributed by atoms with Gasteiger partial charge in [0, 0.05) is 4.47 Å². The van der Waals surface area contributed by atoms with E-state index in [9.17, 15) is 4.39 Å². The molecule has 0 aliphatic rings. The second-order valence-corrected chi connectivity index (χ2v) is 4.55. The van der Waals surface area contributed by atoms with Gasteiger partial charge in [0.1, 0.15) is 11.6 Å². The number of halogens is 2. The standard InChI is InChI=1S/C13H8BrFN2/c14-8-4-3-5-9(15)12(8)13-16-10-6-1-2-7-11(10)17-13/h1-7H,(H,16,17). The fraction of sp³-hybridized carbons (Fsp3) is 0. The van der Waals surface area contributed by atoms with Crippen LogP contribution in [0.4, 0.5) is 4.39 Å². The molecule has 1 aromatic heterocycles. The largest absolute Gasteiger partial charge is 0.338 e. The predicted molar refractivity (Wildman–Crippen MR) is 69.2 cm³/mol. The highest BCUT2D eigenvalue weighted by Crippen LogP contribution is 2.30. The van der Waals surface area contributed by atoms with Crippen molar-refractivity contribution < 1.29 is 4.39 Å². The monoisotopic (exact) mass is 290 g/mol. The van der Waals surface area contributed by atoms with Crippen molar-refractivity contribution in [1.29, 1.82) is 0 Å². The van der Waals surface area contributed by atoms with E-state index in [-0.39, 0.29) is 5.82 Å². The summed E-state index contributed by atoms with van der Waals surface area (Å²) in [5.74, 6) is 0.245. The molecule has 0 radical (unpaired) electrons. The van der Waals surface area contributed by atoms with E-state index < -0.39 is 0 Å². The number of hydrogen-bond donors (Lipinski definition) is 1. The van der Waals surface area contributed by atoms with Crippen LogP contribution in [-0.4, -0.2) is 9.97 Å². The molecule has 0 aliphatic carbocycles. The van der Waals surface area contributed by atoms with Gasteiger partial charge in [-0.1, -0.05) is 18.2 Å². The van der Waals surface area contributed by atoms with Crippen LogP contribution in [0.2, 0.25) is 0 Å². The average molecular weight is 291 g/mol. The number of aromatic amines is 1. The molecule has 17 heavy (non-hydrogen) atoms. The molecule has 0 saturated carbocycles. The van der Waals surface area contributed by atoms with Crippen LogP contribution in [-0.2, 0) is 0 Å². The number of benzene rings is 2. The Bertz CT molecular complexity index is 637. The van der Waals surface area contributed by atoms with Crippen LogP contribution in [0.1, 0.15) is 0 Å². The van der Waals surface area contributed by atoms with Crippen molar-refractivity contribution in [2.24, 2.45) is 0 Å². The lowest BCUT2D eigenvalue weighted by Crippen LogP contribution is -1.87. The molecule has 3 aromatic rings. The minimum absolute atomic E-state index is 0.293. The SMILES string of the molecule is Fc1cccc(Br)c1-c1nc2ccccc2[nH]1. The van der Waals surface area contributed by atoms with Gasteiger partial charge in [-0.3, -0.25) is 0 Å². The first kappa shape index (κ1) is 10.5. The van der Waals surface area contributed by atoms with Crippen molar-refractivity contribution in [3.63, 3.8) is 0 Å². The van der Waals surface area contributed by atoms with E-state index in [1.165, 1.54) is 6.07 Å². The zero-order valence-electron chi connectivity index (χ0n) is 8.74. The second kappa shape index (κ2) is 3.96. The number of para-hydroxylation sites is 2. The van der Waals surface area contributed by atoms with Crippen molar-refractivity contribution in [2.75, 3.05) is 0 Å². The number of fused-ring (bicyclic) bond motifs is 1. The van der Waals surface area contributed by atoms with Crippen LogP contribution in [0.15, 0.2) is 46.9 Å². The molecule has 1 heterocycles. The summed E-state index contributed by atoms with van der Waals surface area (Å²) >= 11 is 3.34. The van der Waals surface area contributed by atoms with E-state index >= 15 is 0 Å². The fourth-order valence-electron chi connectivity index (χ4n) is 1.80. The molecule has 0 atom stereocenters. The molecule has 0 spiro atoms. The van der Waals surface area contributed by atoms with Crippen LogP contribution < -0.4 is 0 Å². The molecule has 4 heteroatoms. The molecule has 0 amide bonds. The second-order valence-electron chi connectivity index (χ2n) is 3.70. The Morgan fingerprint density at radius 3 is 2.65 bits per heavy atom. The third kappa shape index (κ3) is 1.74. The van der Waals surface area contributed by atoms with Gasteiger partial charge < -0.3 is 4.98 Å². The van der Waals surface area contributed by atoms with E-state index in [2.05, 4.69) is 25.9 Å². The zero-order chi connectivity index (χ0) is 11.8. The summed E-state index contributed by atoms with van der Waals surface area (Å²) in [6, 6.07) is 12.5. The molecule has 3 rings (SSSR count). The lowest BCUT2D eigenvalue weighted by atomic mass is 10.2. The predicted octanol–water partition coefficient (Wildman–Crippen LogP) is 4.13. The Balaban J connectivity index is 2.27. The smallest absolute Gasteiger partial charge is 0.142 e. The Morgan fingerprint density at radius 1 is 1.06 bits per heavy atom. The topological polar surface area (TPSA) is 28.7 Å². The van der Waals surface area contributed by atoms with Gasteiger partial charge in [0.05, 0.1) is 16.6 Å². The number of H-pyrrole nitrogens is 1. The van der Waals surface area contributed by atoms with Crippen molar-refractivity contribution in [1.82, 2.24) is 9.97 Å². The van der Waals surface area contributed by atoms with Crippen molar-refractivity contribution in [3.8, 4) is 11.4 Å². The number of nitrogens with one attached hydrogen (secondary N) is 1. The molecule has 0 unspecified atom stereocenters. The summed E-state index contributed by atoms with van der Waals surface area (Å²) in [7, 11) is 0. The Kier molecular flexibility index (Phi) is 2.44. The van der Waals surface area contributed by atoms with Gasteiger partial charge in [-0.2, -0.15) is 0 Å². The highest BCUT2D eigenvalue weighted by molar-refractivity contribution is 9.10. The minimum Gasteiger partial charge on any atom is -0.338 e. The van der Waals surface area contributed by atoms with Crippen molar-refractivity contribution >= 4 is 27.0 Å². The van der Waals surface area contributed by atoms with Crippen LogP contribution >= 0.6 is 15.9 Å². The van der Waals surface area contributed by atoms with Gasteiger partial charge in [0.25, 0.3) is 0 Å². The maximum atomic E-state index is 13.8. The highest BCUT2D eigenvalue weighted by atomic mass is 79.9. The molecule has 0 saturated heterocycles. The Morgan fingerprint density at radius 2 is 1.88 bits per heavy atom. The number of rotatable bonds is 1. The Hall–Kier alpha value is -1.68. The first-order valence-electron chi connectivity index (χ1n) is 5.15. The van der Waals surface area contributed by atoms with Crippen LogP contribution in [0.3, 0.4) is 0 Å². The number of aromatic nitrogens is 2. The van der Waals surface area contributed by atoms with Gasteiger partial charge in [-0.05, 0) is 40.2 Å². The maximum Gasteiger partial charge on any atom is 0.142 e. The molecule has 0 bridgehead atoms. The summed E-state index contributed by atoms with van der Waals surface area (Å²) < 4.78 is 14.5. The maximum absolute atomic E-state index is 13.8. The third-order valence-electron chi connectivity index (χ3n) is 2.59. The summed E-state index contributed by atoms with van der Waals surface area (Å²) in [6.07, 6.45) is 0. The first-order valence-corrected chi connectivity index (χ1v) is 5.94. The van der Waals surface area contributed by atoms with Gasteiger partial charge >= 0.3 is 0 Å². The molecule has 2 aromatic carbocycles. The first-order chi connectivity index (χ1) is 8.25. The van der Waals surface area contributed by atoms with Crippen molar-refractivity contribution in [2.45, 2.75) is 0 Å². The minimum atomic E-state index is -0.293. The number of nitrogens with zero attached hydrogens (tertiary/aromatic N) is 1. The molecule has 0 aliphatic heterocycles. The molecular formula is C13H8BrFN2. The summed E-state index contributed by atoms with van der Waals surface area (Å²) in [5.41, 5.74) is 2.19. The summed E-state index contributed by atoms with van der Waals surface area (Å²) in [4.78, 5) is 7.49. The summed E-state index contributed by atoms with van der Waals surface area (Å²) in [6.45, 7) is 0. The van der Waals surface area contributed by atoms with Crippen LogP contribution in [0.5, 0.6) is 0 Å². The van der Waals surface area contributed by atoms with Gasteiger partial charge in [-0.25, -0.2) is 9.37 Å². The van der Waals surface area contributed by atoms with Gasteiger partial charge in [0.15, 0.2) is 0 Å². The van der Waals surface area contributed by atoms with Crippen molar-refractivity contribution in [3.05, 3.63) is 52.8 Å². The lowest BCUT2D eigenvalue weighted by molar-refractivity contribution is 0.629. The average Bonchev–Trinajstić information content (AvgIpc) is 2.71. The number of hydrogen-bond acceptors (Lipinski definition) is 1. The lowest BCUT2D eigenvalue weighted by Gasteiger charge is -2.01. The summed E-state index contributed by atoms with van der Waals surface area (Å²) in [5, 5.41) is 0. The fourth-order valence-corrected chi connectivity index (χ4v) is 2.33. The molecule has 84 valence electrons. The molecule has 0 fully saturated rings. The van der Waals surface area contributed by atoms with E-state index in [1.54, 1.807) is 12.1 Å². The van der Waals surface area contributed by atoms with Gasteiger partial charge in [0.2, 0.25) is 0 Å². The normalized spacial score (nSPS) is 10.9. The van der Waals surface area contributed by atoms with E-state index in [0.29, 0.717) is 15.9 Å². The van der Waals surface area contributed by atoms with Crippen LogP contribution in [0, 0.1) is 5.82 Å². The molecular weight excluding hydrogens is 283 g/mol. The Labute approximate surface area is 106 Å². The van der Waals surface area contributed by atoms with E-state index in [1.807, 2.05) is 24.3 Å². The quantitative estimate of drug-likeness (QED) is 0.717. The molecule has 1 N–H and O–H groups in total. The molecule has 2 nitrogen and oxygen atoms in total. The van der Waals surface area contributed by atoms with Gasteiger partial charge in [-0.15, -0.1) is 0 Å². The highest BCUT2D eigenvalue weighted by Gasteiger charge is 2.12. The van der Waals surface area contributed by atoms with E-state index in [0.717, 1.165) is 11.0 Å². The number of imidazole rings is 1. The third-order valence-corrected chi connectivity index (χ3v) is 3.25.